The number of nitrogens with zero attached hydrogens (tertiary/aromatic N) is 1. The molecule has 1 aromatic carbocycles. The first kappa shape index (κ1) is 19.2. The topological polar surface area (TPSA) is 50.4 Å². The van der Waals surface area contributed by atoms with Crippen LogP contribution >= 0.6 is 24.0 Å². The Morgan fingerprint density at radius 3 is 2.05 bits per heavy atom. The molecule has 0 saturated carbocycles. The largest absolute Gasteiger partial charge is 0.370 e. The zero-order valence-corrected chi connectivity index (χ0v) is 15.8. The lowest BCUT2D eigenvalue weighted by atomic mass is 9.84. The Morgan fingerprint density at radius 2 is 1.60 bits per heavy atom. The molecule has 0 aliphatic carbocycles. The Morgan fingerprint density at radius 1 is 1.10 bits per heavy atom. The first-order chi connectivity index (χ1) is 8.60. The molecule has 0 radical (unpaired) electrons. The Balaban J connectivity index is 0.00000361. The van der Waals surface area contributed by atoms with E-state index in [2.05, 4.69) is 76.1 Å². The van der Waals surface area contributed by atoms with Crippen molar-refractivity contribution in [3.63, 3.8) is 0 Å². The quantitative estimate of drug-likeness (QED) is 0.472. The van der Waals surface area contributed by atoms with Crippen molar-refractivity contribution in [3.8, 4) is 0 Å². The Kier molecular flexibility index (Phi) is 7.01. The average molecular weight is 389 g/mol. The third-order valence-corrected chi connectivity index (χ3v) is 2.98. The van der Waals surface area contributed by atoms with Crippen LogP contribution in [-0.4, -0.2) is 18.0 Å². The second-order valence-corrected chi connectivity index (χ2v) is 6.83. The van der Waals surface area contributed by atoms with E-state index < -0.39 is 0 Å². The van der Waals surface area contributed by atoms with Crippen LogP contribution in [0.25, 0.3) is 0 Å². The molecule has 0 aliphatic rings. The van der Waals surface area contributed by atoms with E-state index in [9.17, 15) is 0 Å². The molecule has 0 heterocycles. The summed E-state index contributed by atoms with van der Waals surface area (Å²) in [4.78, 5) is 4.46. The summed E-state index contributed by atoms with van der Waals surface area (Å²) >= 11 is 0. The van der Waals surface area contributed by atoms with Gasteiger partial charge in [0.05, 0.1) is 6.54 Å². The molecule has 4 heteroatoms. The molecule has 0 amide bonds. The van der Waals surface area contributed by atoms with Crippen LogP contribution in [0.3, 0.4) is 0 Å². The molecule has 0 bridgehead atoms. The third kappa shape index (κ3) is 6.59. The zero-order chi connectivity index (χ0) is 14.7. The van der Waals surface area contributed by atoms with E-state index in [1.807, 2.05) is 0 Å². The summed E-state index contributed by atoms with van der Waals surface area (Å²) in [5.41, 5.74) is 8.40. The lowest BCUT2D eigenvalue weighted by molar-refractivity contribution is 0.500. The molecule has 1 rings (SSSR count). The van der Waals surface area contributed by atoms with Crippen molar-refractivity contribution in [3.05, 3.63) is 35.4 Å². The molecule has 0 fully saturated rings. The van der Waals surface area contributed by atoms with Gasteiger partial charge in [0, 0.05) is 11.0 Å². The molecule has 3 nitrogen and oxygen atoms in total. The maximum atomic E-state index is 5.91. The normalized spacial score (nSPS) is 12.8. The van der Waals surface area contributed by atoms with Gasteiger partial charge in [-0.25, -0.2) is 0 Å². The van der Waals surface area contributed by atoms with Crippen LogP contribution in [0.4, 0.5) is 0 Å². The van der Waals surface area contributed by atoms with Crippen molar-refractivity contribution in [1.29, 1.82) is 0 Å². The number of nitrogens with one attached hydrogen (secondary N) is 1. The van der Waals surface area contributed by atoms with Gasteiger partial charge >= 0.3 is 0 Å². The lowest BCUT2D eigenvalue weighted by Crippen LogP contribution is -2.45. The van der Waals surface area contributed by atoms with Crippen LogP contribution in [0.5, 0.6) is 0 Å². The molecular weight excluding hydrogens is 361 g/mol. The Labute approximate surface area is 140 Å². The van der Waals surface area contributed by atoms with Crippen molar-refractivity contribution in [2.75, 3.05) is 6.54 Å². The van der Waals surface area contributed by atoms with Crippen molar-refractivity contribution >= 4 is 29.9 Å². The number of aliphatic imine (C=N–C) groups is 1. The van der Waals surface area contributed by atoms with Gasteiger partial charge < -0.3 is 11.1 Å². The molecule has 1 aromatic rings. The van der Waals surface area contributed by atoms with Crippen molar-refractivity contribution in [1.82, 2.24) is 5.32 Å². The summed E-state index contributed by atoms with van der Waals surface area (Å²) in [5.74, 6) is 0.507. The number of guanidine groups is 1. The van der Waals surface area contributed by atoms with Crippen LogP contribution in [0, 0.1) is 6.92 Å². The highest BCUT2D eigenvalue weighted by Crippen LogP contribution is 2.23. The Bertz CT molecular complexity index is 442. The Hall–Kier alpha value is -0.780. The molecule has 0 aromatic heterocycles. The summed E-state index contributed by atoms with van der Waals surface area (Å²) in [6.07, 6.45) is 0. The molecule has 0 atom stereocenters. The van der Waals surface area contributed by atoms with Crippen LogP contribution < -0.4 is 11.1 Å². The fourth-order valence-electron chi connectivity index (χ4n) is 1.80. The molecule has 3 N–H and O–H groups in total. The number of benzene rings is 1. The molecular formula is C16H28IN3. The van der Waals surface area contributed by atoms with E-state index in [4.69, 9.17) is 5.73 Å². The minimum absolute atomic E-state index is 0. The number of hydrogen-bond donors (Lipinski definition) is 2. The van der Waals surface area contributed by atoms with Crippen LogP contribution in [0.15, 0.2) is 29.3 Å². The zero-order valence-electron chi connectivity index (χ0n) is 13.4. The van der Waals surface area contributed by atoms with Gasteiger partial charge in [-0.1, -0.05) is 43.7 Å². The monoisotopic (exact) mass is 389 g/mol. The van der Waals surface area contributed by atoms with Crippen LogP contribution in [-0.2, 0) is 5.41 Å². The predicted molar refractivity (Wildman–Crippen MR) is 99.0 cm³/mol. The minimum atomic E-state index is -0.0540. The van der Waals surface area contributed by atoms with Crippen LogP contribution in [0.1, 0.15) is 45.7 Å². The summed E-state index contributed by atoms with van der Waals surface area (Å²) in [6.45, 7) is 13.4. The fourth-order valence-corrected chi connectivity index (χ4v) is 1.80. The summed E-state index contributed by atoms with van der Waals surface area (Å²) in [5, 5.41) is 3.18. The van der Waals surface area contributed by atoms with Gasteiger partial charge in [-0.3, -0.25) is 4.99 Å². The number of rotatable bonds is 3. The number of hydrogen-bond acceptors (Lipinski definition) is 1. The molecule has 0 unspecified atom stereocenters. The van der Waals surface area contributed by atoms with Gasteiger partial charge in [-0.05, 0) is 33.3 Å². The smallest absolute Gasteiger partial charge is 0.189 e. The fraction of sp³-hybridized carbons (Fsp3) is 0.562. The van der Waals surface area contributed by atoms with Gasteiger partial charge in [-0.2, -0.15) is 0 Å². The highest BCUT2D eigenvalue weighted by molar-refractivity contribution is 14.0. The lowest BCUT2D eigenvalue weighted by Gasteiger charge is -2.25. The van der Waals surface area contributed by atoms with Gasteiger partial charge in [-0.15, -0.1) is 24.0 Å². The van der Waals surface area contributed by atoms with E-state index >= 15 is 0 Å². The van der Waals surface area contributed by atoms with Gasteiger partial charge in [0.1, 0.15) is 0 Å². The summed E-state index contributed by atoms with van der Waals surface area (Å²) < 4.78 is 0. The number of aryl methyl sites for hydroxylation is 1. The van der Waals surface area contributed by atoms with Crippen molar-refractivity contribution in [2.24, 2.45) is 10.7 Å². The van der Waals surface area contributed by atoms with Crippen molar-refractivity contribution in [2.45, 2.75) is 52.5 Å². The van der Waals surface area contributed by atoms with E-state index in [0.717, 1.165) is 0 Å². The predicted octanol–water partition coefficient (Wildman–Crippen LogP) is 3.59. The average Bonchev–Trinajstić information content (AvgIpc) is 2.25. The number of nitrogens with two attached hydrogens (primary N) is 1. The highest BCUT2D eigenvalue weighted by Gasteiger charge is 2.20. The first-order valence-corrected chi connectivity index (χ1v) is 6.75. The molecule has 0 spiro atoms. The number of halogens is 1. The molecule has 20 heavy (non-hydrogen) atoms. The standard InChI is InChI=1S/C16H27N3.HI/c1-12-7-9-13(10-8-12)16(5,6)11-18-14(17)19-15(2,3)4;/h7-10H,11H2,1-6H3,(H3,17,18,19);1H. The second kappa shape index (κ2) is 7.29. The second-order valence-electron chi connectivity index (χ2n) is 6.83. The third-order valence-electron chi connectivity index (χ3n) is 2.98. The highest BCUT2D eigenvalue weighted by atomic mass is 127. The van der Waals surface area contributed by atoms with Gasteiger partial charge in [0.15, 0.2) is 5.96 Å². The maximum Gasteiger partial charge on any atom is 0.189 e. The van der Waals surface area contributed by atoms with Gasteiger partial charge in [0.2, 0.25) is 0 Å². The summed E-state index contributed by atoms with van der Waals surface area (Å²) in [6, 6.07) is 8.60. The SMILES string of the molecule is Cc1ccc(C(C)(C)CN=C(N)NC(C)(C)C)cc1.I. The van der Waals surface area contributed by atoms with E-state index in [0.29, 0.717) is 12.5 Å². The molecule has 0 saturated heterocycles. The van der Waals surface area contributed by atoms with E-state index in [-0.39, 0.29) is 34.9 Å². The van der Waals surface area contributed by atoms with Crippen LogP contribution in [0.2, 0.25) is 0 Å². The van der Waals surface area contributed by atoms with Crippen molar-refractivity contribution < 1.29 is 0 Å². The minimum Gasteiger partial charge on any atom is -0.370 e. The van der Waals surface area contributed by atoms with E-state index in [1.54, 1.807) is 0 Å². The summed E-state index contributed by atoms with van der Waals surface area (Å²) in [7, 11) is 0. The first-order valence-electron chi connectivity index (χ1n) is 6.75. The molecule has 0 aliphatic heterocycles. The van der Waals surface area contributed by atoms with E-state index in [1.165, 1.54) is 11.1 Å². The molecule has 114 valence electrons. The van der Waals surface area contributed by atoms with Gasteiger partial charge in [0.25, 0.3) is 0 Å². The maximum absolute atomic E-state index is 5.91.